The van der Waals surface area contributed by atoms with Crippen molar-refractivity contribution in [3.8, 4) is 0 Å². The smallest absolute Gasteiger partial charge is 0.210 e. The van der Waals surface area contributed by atoms with Crippen LogP contribution in [0.5, 0.6) is 0 Å². The van der Waals surface area contributed by atoms with Crippen molar-refractivity contribution in [3.05, 3.63) is 40.4 Å². The maximum absolute atomic E-state index is 13.5. The molecule has 0 bridgehead atoms. The predicted octanol–water partition coefficient (Wildman–Crippen LogP) is 2.39. The van der Waals surface area contributed by atoms with E-state index in [-0.39, 0.29) is 5.82 Å². The van der Waals surface area contributed by atoms with E-state index in [1.54, 1.807) is 19.1 Å². The number of aromatic nitrogens is 3. The fourth-order valence-electron chi connectivity index (χ4n) is 1.26. The van der Waals surface area contributed by atoms with Gasteiger partial charge in [-0.15, -0.1) is 10.2 Å². The van der Waals surface area contributed by atoms with Crippen molar-refractivity contribution in [3.63, 3.8) is 0 Å². The molecular weight excluding hydrogens is 263 g/mol. The largest absolute Gasteiger partial charge is 0.336 e. The number of thioether (sulfide) groups is 1. The number of hydrogen-bond donors (Lipinski definition) is 1. The third-order valence-corrected chi connectivity index (χ3v) is 3.57. The van der Waals surface area contributed by atoms with Crippen LogP contribution in [0.2, 0.25) is 5.02 Å². The second kappa shape index (κ2) is 4.93. The van der Waals surface area contributed by atoms with Gasteiger partial charge in [-0.1, -0.05) is 29.4 Å². The predicted molar refractivity (Wildman–Crippen MR) is 65.9 cm³/mol. The van der Waals surface area contributed by atoms with Crippen molar-refractivity contribution in [1.29, 1.82) is 0 Å². The molecule has 0 aliphatic carbocycles. The maximum atomic E-state index is 13.5. The van der Waals surface area contributed by atoms with E-state index in [1.165, 1.54) is 22.5 Å². The Labute approximate surface area is 107 Å². The quantitative estimate of drug-likeness (QED) is 0.688. The molecule has 0 spiro atoms. The average molecular weight is 273 g/mol. The summed E-state index contributed by atoms with van der Waals surface area (Å²) in [6, 6.07) is 4.60. The average Bonchev–Trinajstić information content (AvgIpc) is 2.60. The van der Waals surface area contributed by atoms with Crippen molar-refractivity contribution in [2.24, 2.45) is 0 Å². The van der Waals surface area contributed by atoms with Gasteiger partial charge in [-0.25, -0.2) is 9.07 Å². The molecule has 0 atom stereocenters. The van der Waals surface area contributed by atoms with Gasteiger partial charge in [-0.2, -0.15) is 0 Å². The molecule has 17 heavy (non-hydrogen) atoms. The summed E-state index contributed by atoms with van der Waals surface area (Å²) < 4.78 is 14.8. The molecule has 90 valence electrons. The standard InChI is InChI=1S/C10H10ClFN4S/c1-6-14-15-10(16(6)13)17-5-7-8(11)3-2-4-9(7)12/h2-4H,5,13H2,1H3. The highest BCUT2D eigenvalue weighted by molar-refractivity contribution is 7.98. The van der Waals surface area contributed by atoms with E-state index in [1.807, 2.05) is 0 Å². The zero-order valence-corrected chi connectivity index (χ0v) is 10.6. The first kappa shape index (κ1) is 12.2. The molecular formula is C10H10ClFN4S. The molecule has 0 radical (unpaired) electrons. The van der Waals surface area contributed by atoms with E-state index in [0.29, 0.717) is 27.3 Å². The molecule has 1 aromatic heterocycles. The minimum absolute atomic E-state index is 0.329. The first-order valence-corrected chi connectivity index (χ1v) is 6.18. The van der Waals surface area contributed by atoms with E-state index in [4.69, 9.17) is 17.4 Å². The van der Waals surface area contributed by atoms with Gasteiger partial charge in [0.2, 0.25) is 5.16 Å². The van der Waals surface area contributed by atoms with Crippen molar-refractivity contribution in [2.45, 2.75) is 17.8 Å². The summed E-state index contributed by atoms with van der Waals surface area (Å²) in [7, 11) is 0. The Bertz CT molecular complexity index is 523. The van der Waals surface area contributed by atoms with Gasteiger partial charge in [0.15, 0.2) is 0 Å². The van der Waals surface area contributed by atoms with Gasteiger partial charge in [-0.3, -0.25) is 0 Å². The third kappa shape index (κ3) is 2.53. The van der Waals surface area contributed by atoms with Crippen LogP contribution >= 0.6 is 23.4 Å². The maximum Gasteiger partial charge on any atom is 0.210 e. The number of benzene rings is 1. The van der Waals surface area contributed by atoms with Crippen LogP contribution in [0.4, 0.5) is 4.39 Å². The van der Waals surface area contributed by atoms with Gasteiger partial charge in [0.25, 0.3) is 0 Å². The van der Waals surface area contributed by atoms with E-state index in [0.717, 1.165) is 0 Å². The Morgan fingerprint density at radius 2 is 2.24 bits per heavy atom. The van der Waals surface area contributed by atoms with Crippen LogP contribution in [0.1, 0.15) is 11.4 Å². The second-order valence-corrected chi connectivity index (χ2v) is 4.74. The molecule has 0 aliphatic rings. The normalized spacial score (nSPS) is 10.8. The van der Waals surface area contributed by atoms with Crippen molar-refractivity contribution < 1.29 is 4.39 Å². The first-order valence-electron chi connectivity index (χ1n) is 4.82. The summed E-state index contributed by atoms with van der Waals surface area (Å²) in [4.78, 5) is 0. The molecule has 2 rings (SSSR count). The lowest BCUT2D eigenvalue weighted by molar-refractivity contribution is 0.617. The Morgan fingerprint density at radius 3 is 2.82 bits per heavy atom. The number of nitrogens with zero attached hydrogens (tertiary/aromatic N) is 3. The van der Waals surface area contributed by atoms with E-state index in [9.17, 15) is 4.39 Å². The number of nitrogens with two attached hydrogens (primary N) is 1. The fourth-order valence-corrected chi connectivity index (χ4v) is 2.50. The van der Waals surface area contributed by atoms with Gasteiger partial charge in [0, 0.05) is 16.3 Å². The Morgan fingerprint density at radius 1 is 1.47 bits per heavy atom. The lowest BCUT2D eigenvalue weighted by Gasteiger charge is -2.05. The summed E-state index contributed by atoms with van der Waals surface area (Å²) in [6.45, 7) is 1.74. The van der Waals surface area contributed by atoms with Crippen molar-refractivity contribution in [2.75, 3.05) is 5.84 Å². The van der Waals surface area contributed by atoms with E-state index >= 15 is 0 Å². The van der Waals surface area contributed by atoms with E-state index in [2.05, 4.69) is 10.2 Å². The van der Waals surface area contributed by atoms with Crippen LogP contribution < -0.4 is 5.84 Å². The highest BCUT2D eigenvalue weighted by Gasteiger charge is 2.11. The Kier molecular flexibility index (Phi) is 3.54. The lowest BCUT2D eigenvalue weighted by Crippen LogP contribution is -2.11. The summed E-state index contributed by atoms with van der Waals surface area (Å²) in [5, 5.41) is 8.62. The summed E-state index contributed by atoms with van der Waals surface area (Å²) >= 11 is 7.20. The molecule has 0 unspecified atom stereocenters. The fraction of sp³-hybridized carbons (Fsp3) is 0.200. The summed E-state index contributed by atoms with van der Waals surface area (Å²) in [6.07, 6.45) is 0. The topological polar surface area (TPSA) is 56.7 Å². The number of nitrogen functional groups attached to an aromatic ring is 1. The lowest BCUT2D eigenvalue weighted by atomic mass is 10.2. The second-order valence-electron chi connectivity index (χ2n) is 3.39. The molecule has 1 heterocycles. The first-order chi connectivity index (χ1) is 8.09. The van der Waals surface area contributed by atoms with Gasteiger partial charge < -0.3 is 5.84 Å². The molecule has 0 fully saturated rings. The molecule has 0 saturated carbocycles. The number of rotatable bonds is 3. The minimum Gasteiger partial charge on any atom is -0.336 e. The van der Waals surface area contributed by atoms with Crippen LogP contribution in [0.3, 0.4) is 0 Å². The monoisotopic (exact) mass is 272 g/mol. The van der Waals surface area contributed by atoms with Crippen molar-refractivity contribution >= 4 is 23.4 Å². The van der Waals surface area contributed by atoms with Crippen LogP contribution in [-0.4, -0.2) is 14.9 Å². The highest BCUT2D eigenvalue weighted by Crippen LogP contribution is 2.27. The van der Waals surface area contributed by atoms with Crippen molar-refractivity contribution in [1.82, 2.24) is 14.9 Å². The van der Waals surface area contributed by atoms with Crippen LogP contribution in [0, 0.1) is 12.7 Å². The minimum atomic E-state index is -0.329. The highest BCUT2D eigenvalue weighted by atomic mass is 35.5. The number of aryl methyl sites for hydroxylation is 1. The molecule has 0 aliphatic heterocycles. The van der Waals surface area contributed by atoms with Crippen LogP contribution in [0.25, 0.3) is 0 Å². The summed E-state index contributed by atoms with van der Waals surface area (Å²) in [5.41, 5.74) is 0.444. The zero-order valence-electron chi connectivity index (χ0n) is 9.02. The van der Waals surface area contributed by atoms with Crippen LogP contribution in [-0.2, 0) is 5.75 Å². The molecule has 2 aromatic rings. The Balaban J connectivity index is 2.15. The van der Waals surface area contributed by atoms with Gasteiger partial charge in [0.05, 0.1) is 0 Å². The van der Waals surface area contributed by atoms with Gasteiger partial charge in [-0.05, 0) is 19.1 Å². The van der Waals surface area contributed by atoms with E-state index < -0.39 is 0 Å². The van der Waals surface area contributed by atoms with Gasteiger partial charge >= 0.3 is 0 Å². The molecule has 2 N–H and O–H groups in total. The number of halogens is 2. The molecule has 1 aromatic carbocycles. The number of hydrogen-bond acceptors (Lipinski definition) is 4. The molecule has 4 nitrogen and oxygen atoms in total. The third-order valence-electron chi connectivity index (χ3n) is 2.24. The zero-order chi connectivity index (χ0) is 12.4. The SMILES string of the molecule is Cc1nnc(SCc2c(F)cccc2Cl)n1N. The Hall–Kier alpha value is -1.27. The van der Waals surface area contributed by atoms with Crippen LogP contribution in [0.15, 0.2) is 23.4 Å². The summed E-state index contributed by atoms with van der Waals surface area (Å²) in [5.74, 6) is 6.32. The molecule has 7 heteroatoms. The van der Waals surface area contributed by atoms with Gasteiger partial charge in [0.1, 0.15) is 11.6 Å². The molecule has 0 saturated heterocycles. The molecule has 0 amide bonds.